The highest BCUT2D eigenvalue weighted by molar-refractivity contribution is 5.88. The lowest BCUT2D eigenvalue weighted by molar-refractivity contribution is -0.129. The summed E-state index contributed by atoms with van der Waals surface area (Å²) in [6, 6.07) is 17.8. The minimum Gasteiger partial charge on any atom is -0.462 e. The summed E-state index contributed by atoms with van der Waals surface area (Å²) in [5, 5.41) is 9.52. The minimum atomic E-state index is -0.450. The minimum absolute atomic E-state index is 0.0153. The molecule has 5 saturated heterocycles. The molecule has 2 amide bonds. The topological polar surface area (TPSA) is 166 Å². The molecular weight excluding hydrogens is 1030 g/mol. The van der Waals surface area contributed by atoms with Gasteiger partial charge in [-0.05, 0) is 133 Å². The van der Waals surface area contributed by atoms with Crippen LogP contribution in [0.2, 0.25) is 0 Å². The van der Waals surface area contributed by atoms with Crippen LogP contribution in [-0.4, -0.2) is 168 Å². The molecule has 2 spiro atoms. The number of hydrogen-bond acceptors (Lipinski definition) is 15. The zero-order chi connectivity index (χ0) is 56.0. The summed E-state index contributed by atoms with van der Waals surface area (Å²) in [5.74, 6) is 1.53. The number of fused-ring (bicyclic) bond motifs is 8. The second-order valence-electron chi connectivity index (χ2n) is 24.3. The van der Waals surface area contributed by atoms with Gasteiger partial charge < -0.3 is 48.3 Å². The number of carbonyl (C=O) groups is 2. The van der Waals surface area contributed by atoms with E-state index in [0.717, 1.165) is 129 Å². The van der Waals surface area contributed by atoms with E-state index >= 15 is 4.39 Å². The number of amides is 2. The SMILES string of the molecule is C=CC(=O)N1C2CCC1CN(c1nc(OC[C@@H]3CCCN3C)nc3c1CCC1(COCc4cccc(F)c41)C3)C2.C=CC(=O)N1CCN(c2nc(OC[C@@H]3CCCN3C)nc3c2CCC2(COC(C)c4ccccc42)C3)C[C@@H]1CC#N. The zero-order valence-electron chi connectivity index (χ0n) is 47.5. The molecular formula is C63H78FN11O6. The number of anilines is 2. The van der Waals surface area contributed by atoms with Gasteiger partial charge in [-0.15, -0.1) is 0 Å². The van der Waals surface area contributed by atoms with Crippen LogP contribution in [0.25, 0.3) is 0 Å². The van der Waals surface area contributed by atoms with E-state index in [-0.39, 0.29) is 53.7 Å². The third kappa shape index (κ3) is 10.6. The predicted molar refractivity (Wildman–Crippen MR) is 305 cm³/mol. The average molecular weight is 1100 g/mol. The van der Waals surface area contributed by atoms with Crippen molar-refractivity contribution in [3.8, 4) is 18.1 Å². The number of hydrogen-bond donors (Lipinski definition) is 0. The number of halogens is 1. The molecule has 2 aromatic heterocycles. The number of likely N-dealkylation sites (tertiary alicyclic amines) is 2. The lowest BCUT2D eigenvalue weighted by Gasteiger charge is -2.45. The van der Waals surface area contributed by atoms with Gasteiger partial charge in [-0.1, -0.05) is 49.6 Å². The van der Waals surface area contributed by atoms with Gasteiger partial charge >= 0.3 is 12.0 Å². The van der Waals surface area contributed by atoms with Crippen molar-refractivity contribution in [1.29, 1.82) is 5.26 Å². The number of carbonyl (C=O) groups excluding carboxylic acids is 2. The first-order valence-corrected chi connectivity index (χ1v) is 29.6. The summed E-state index contributed by atoms with van der Waals surface area (Å²) in [6.45, 7) is 17.5. The molecule has 9 aliphatic rings. The third-order valence-corrected chi connectivity index (χ3v) is 19.6. The van der Waals surface area contributed by atoms with E-state index in [4.69, 9.17) is 38.9 Å². The fourth-order valence-electron chi connectivity index (χ4n) is 15.2. The maximum Gasteiger partial charge on any atom is 0.318 e. The van der Waals surface area contributed by atoms with Gasteiger partial charge in [0.05, 0.1) is 55.8 Å². The van der Waals surface area contributed by atoms with Gasteiger partial charge in [0, 0.05) is 97.3 Å². The summed E-state index contributed by atoms with van der Waals surface area (Å²) in [4.78, 5) is 58.2. The smallest absolute Gasteiger partial charge is 0.318 e. The largest absolute Gasteiger partial charge is 0.462 e. The molecule has 4 aromatic rings. The molecule has 0 radical (unpaired) electrons. The quantitative estimate of drug-likeness (QED) is 0.141. The van der Waals surface area contributed by atoms with E-state index in [2.05, 4.69) is 84.1 Å². The van der Waals surface area contributed by atoms with Crippen molar-refractivity contribution in [3.05, 3.63) is 118 Å². The van der Waals surface area contributed by atoms with Crippen LogP contribution in [0.1, 0.15) is 116 Å². The molecule has 7 aliphatic heterocycles. The zero-order valence-corrected chi connectivity index (χ0v) is 47.5. The Balaban J connectivity index is 0.000000161. The Morgan fingerprint density at radius 3 is 2.01 bits per heavy atom. The highest BCUT2D eigenvalue weighted by atomic mass is 19.1. The molecule has 8 atom stereocenters. The summed E-state index contributed by atoms with van der Waals surface area (Å²) in [5.41, 5.74) is 8.00. The van der Waals surface area contributed by atoms with E-state index in [0.29, 0.717) is 83.2 Å². The Kier molecular flexibility index (Phi) is 15.6. The Morgan fingerprint density at radius 2 is 1.38 bits per heavy atom. The van der Waals surface area contributed by atoms with Gasteiger partial charge in [-0.3, -0.25) is 9.59 Å². The van der Waals surface area contributed by atoms with Crippen LogP contribution in [0.3, 0.4) is 0 Å². The van der Waals surface area contributed by atoms with Crippen molar-refractivity contribution < 1.29 is 32.9 Å². The van der Waals surface area contributed by atoms with Crippen LogP contribution in [0.15, 0.2) is 67.8 Å². The number of rotatable bonds is 11. The standard InChI is InChI=1S/C32H40N6O3.C31H38FN5O3/c1-4-29(39)38-17-16-37(19-23(38)12-14-33)30-26-11-13-32(21-41-22(2)25-9-5-6-10-27(25)32)18-28(26)34-31(35-30)40-20-24-8-7-15-36(24)3;1-3-27(38)37-21-9-10-22(37)16-36(15-21)29-24-11-12-31(19-39-17-20-6-4-8-25(32)28(20)31)14-26(24)33-30(34-29)40-18-23-7-5-13-35(23)2/h4-6,9-10,22-24H,1,7-8,11-13,15-21H2,2-3H3;3-4,6,8,21-23H,1,5,7,9-19H2,2H3/t22?,23-,24-,32?;21?,22?,23-,31?/m00/s1. The molecule has 5 unspecified atom stereocenters. The van der Waals surface area contributed by atoms with Crippen molar-refractivity contribution in [2.24, 2.45) is 0 Å². The van der Waals surface area contributed by atoms with Crippen LogP contribution in [0, 0.1) is 17.1 Å². The molecule has 2 aliphatic carbocycles. The predicted octanol–water partition coefficient (Wildman–Crippen LogP) is 7.00. The van der Waals surface area contributed by atoms with Crippen molar-refractivity contribution in [2.75, 3.05) is 96.1 Å². The molecule has 2 bridgehead atoms. The van der Waals surface area contributed by atoms with E-state index in [9.17, 15) is 14.9 Å². The number of aromatic nitrogens is 4. The molecule has 9 heterocycles. The number of benzene rings is 2. The van der Waals surface area contributed by atoms with Crippen LogP contribution in [0.4, 0.5) is 16.0 Å². The number of ether oxygens (including phenoxy) is 4. The fourth-order valence-corrected chi connectivity index (χ4v) is 15.2. The van der Waals surface area contributed by atoms with Crippen LogP contribution in [-0.2, 0) is 62.2 Å². The van der Waals surface area contributed by atoms with E-state index in [1.807, 2.05) is 11.0 Å². The van der Waals surface area contributed by atoms with Gasteiger partial charge in [0.25, 0.3) is 0 Å². The molecule has 428 valence electrons. The molecule has 13 rings (SSSR count). The Labute approximate surface area is 476 Å². The second-order valence-corrected chi connectivity index (χ2v) is 24.3. The van der Waals surface area contributed by atoms with E-state index in [1.54, 1.807) is 17.0 Å². The monoisotopic (exact) mass is 1100 g/mol. The molecule has 17 nitrogen and oxygen atoms in total. The first-order chi connectivity index (χ1) is 39.4. The highest BCUT2D eigenvalue weighted by Crippen LogP contribution is 2.49. The number of nitrogens with zero attached hydrogens (tertiary/aromatic N) is 11. The van der Waals surface area contributed by atoms with Crippen molar-refractivity contribution in [1.82, 2.24) is 39.5 Å². The number of piperazine rings is 2. The normalized spacial score (nSPS) is 28.5. The Hall–Kier alpha value is -6.52. The van der Waals surface area contributed by atoms with E-state index in [1.165, 1.54) is 36.1 Å². The first kappa shape index (κ1) is 55.0. The highest BCUT2D eigenvalue weighted by Gasteiger charge is 2.48. The summed E-state index contributed by atoms with van der Waals surface area (Å²) >= 11 is 0. The van der Waals surface area contributed by atoms with Gasteiger partial charge in [-0.25, -0.2) is 4.39 Å². The summed E-state index contributed by atoms with van der Waals surface area (Å²) in [7, 11) is 4.28. The maximum atomic E-state index is 15.3. The molecule has 0 saturated carbocycles. The van der Waals surface area contributed by atoms with Crippen molar-refractivity contribution in [3.63, 3.8) is 0 Å². The van der Waals surface area contributed by atoms with Gasteiger partial charge in [0.15, 0.2) is 0 Å². The lowest BCUT2D eigenvalue weighted by Crippen LogP contribution is -2.56. The maximum absolute atomic E-state index is 15.3. The lowest BCUT2D eigenvalue weighted by atomic mass is 9.66. The average Bonchev–Trinajstić information content (AvgIpc) is 4.27. The van der Waals surface area contributed by atoms with E-state index < -0.39 is 5.41 Å². The van der Waals surface area contributed by atoms with Crippen LogP contribution in [0.5, 0.6) is 12.0 Å². The molecule has 5 fully saturated rings. The fraction of sp³-hybridized carbons (Fsp3) is 0.571. The van der Waals surface area contributed by atoms with Gasteiger partial charge in [-0.2, -0.15) is 25.2 Å². The van der Waals surface area contributed by atoms with Gasteiger partial charge in [0.1, 0.15) is 30.7 Å². The molecule has 18 heteroatoms. The summed E-state index contributed by atoms with van der Waals surface area (Å²) in [6.07, 6.45) is 14.3. The van der Waals surface area contributed by atoms with Crippen molar-refractivity contribution >= 4 is 23.5 Å². The van der Waals surface area contributed by atoms with Crippen LogP contribution >= 0.6 is 0 Å². The number of nitriles is 1. The first-order valence-electron chi connectivity index (χ1n) is 29.6. The Bertz CT molecular complexity index is 3090. The third-order valence-electron chi connectivity index (χ3n) is 19.6. The van der Waals surface area contributed by atoms with Crippen molar-refractivity contribution in [2.45, 2.75) is 144 Å². The second kappa shape index (κ2) is 23.0. The molecule has 81 heavy (non-hydrogen) atoms. The number of likely N-dealkylation sites (N-methyl/N-ethyl adjacent to an activating group) is 2. The molecule has 2 aromatic carbocycles. The molecule has 0 N–H and O–H groups in total. The van der Waals surface area contributed by atoms with Gasteiger partial charge in [0.2, 0.25) is 11.8 Å². The summed E-state index contributed by atoms with van der Waals surface area (Å²) < 4.78 is 40.3. The van der Waals surface area contributed by atoms with Crippen LogP contribution < -0.4 is 19.3 Å². The Morgan fingerprint density at radius 1 is 0.753 bits per heavy atom.